The van der Waals surface area contributed by atoms with E-state index in [-0.39, 0.29) is 12.3 Å². The molecule has 3 rings (SSSR count). The van der Waals surface area contributed by atoms with Crippen LogP contribution in [-0.4, -0.2) is 41.8 Å². The quantitative estimate of drug-likeness (QED) is 0.450. The molecule has 2 heterocycles. The zero-order valence-corrected chi connectivity index (χ0v) is 18.6. The summed E-state index contributed by atoms with van der Waals surface area (Å²) in [5.74, 6) is -0.393. The number of methoxy groups -OCH3 is 1. The van der Waals surface area contributed by atoms with E-state index in [0.29, 0.717) is 23.6 Å². The van der Waals surface area contributed by atoms with Gasteiger partial charge in [-0.1, -0.05) is 24.3 Å². The summed E-state index contributed by atoms with van der Waals surface area (Å²) in [6.07, 6.45) is -2.93. The van der Waals surface area contributed by atoms with E-state index >= 15 is 0 Å². The Morgan fingerprint density at radius 2 is 2.06 bits per heavy atom. The fraction of sp³-hybridized carbons (Fsp3) is 0.455. The number of benzene rings is 1. The van der Waals surface area contributed by atoms with E-state index in [9.17, 15) is 18.0 Å². The van der Waals surface area contributed by atoms with Gasteiger partial charge in [-0.3, -0.25) is 4.90 Å². The molecule has 9 heteroatoms. The van der Waals surface area contributed by atoms with Gasteiger partial charge in [0.15, 0.2) is 5.01 Å². The van der Waals surface area contributed by atoms with Gasteiger partial charge in [-0.05, 0) is 43.9 Å². The van der Waals surface area contributed by atoms with Gasteiger partial charge in [-0.2, -0.15) is 13.2 Å². The van der Waals surface area contributed by atoms with Crippen LogP contribution in [-0.2, 0) is 26.9 Å². The van der Waals surface area contributed by atoms with E-state index in [2.05, 4.69) is 21.5 Å². The number of rotatable bonds is 6. The lowest BCUT2D eigenvalue weighted by atomic mass is 10.0. The number of halogens is 3. The Hall–Kier alpha value is -2.23. The van der Waals surface area contributed by atoms with Gasteiger partial charge in [-0.25, -0.2) is 9.78 Å². The predicted octanol–water partition coefficient (Wildman–Crippen LogP) is 5.09. The van der Waals surface area contributed by atoms with Crippen LogP contribution in [0.1, 0.15) is 48.7 Å². The van der Waals surface area contributed by atoms with Crippen molar-refractivity contribution in [1.82, 2.24) is 9.88 Å². The third-order valence-electron chi connectivity index (χ3n) is 5.34. The summed E-state index contributed by atoms with van der Waals surface area (Å²) < 4.78 is 49.1. The molecule has 3 unspecified atom stereocenters. The summed E-state index contributed by atoms with van der Waals surface area (Å²) in [6, 6.07) is 8.05. The van der Waals surface area contributed by atoms with Crippen molar-refractivity contribution < 1.29 is 27.4 Å². The molecule has 1 aliphatic rings. The average molecular weight is 455 g/mol. The van der Waals surface area contributed by atoms with Crippen molar-refractivity contribution in [2.45, 2.75) is 51.7 Å². The molecule has 0 amide bonds. The maximum atomic E-state index is 12.8. The molecular formula is C22H25F3N2O3S. The van der Waals surface area contributed by atoms with E-state index in [1.165, 1.54) is 18.6 Å². The molecule has 0 radical (unpaired) electrons. The fourth-order valence-corrected chi connectivity index (χ4v) is 4.37. The van der Waals surface area contributed by atoms with E-state index in [4.69, 9.17) is 4.74 Å². The molecule has 5 nitrogen and oxygen atoms in total. The molecule has 0 spiro atoms. The number of nitrogens with zero attached hydrogens (tertiary/aromatic N) is 2. The van der Waals surface area contributed by atoms with Crippen molar-refractivity contribution in [3.05, 3.63) is 57.6 Å². The van der Waals surface area contributed by atoms with Gasteiger partial charge in [0.1, 0.15) is 12.3 Å². The normalized spacial score (nSPS) is 21.3. The van der Waals surface area contributed by atoms with E-state index in [0.717, 1.165) is 23.1 Å². The van der Waals surface area contributed by atoms with E-state index < -0.39 is 23.3 Å². The molecule has 1 aromatic heterocycles. The Morgan fingerprint density at radius 1 is 1.39 bits per heavy atom. The van der Waals surface area contributed by atoms with Gasteiger partial charge in [0.25, 0.3) is 0 Å². The average Bonchev–Trinajstić information content (AvgIpc) is 3.35. The number of thiazole rings is 1. The van der Waals surface area contributed by atoms with Crippen molar-refractivity contribution in [1.29, 1.82) is 0 Å². The molecule has 1 saturated heterocycles. The van der Waals surface area contributed by atoms with Gasteiger partial charge < -0.3 is 9.47 Å². The minimum atomic E-state index is -4.43. The highest BCUT2D eigenvalue weighted by Gasteiger charge is 2.38. The Kier molecular flexibility index (Phi) is 7.18. The van der Waals surface area contributed by atoms with Crippen molar-refractivity contribution in [2.75, 3.05) is 13.7 Å². The van der Waals surface area contributed by atoms with E-state index in [1.54, 1.807) is 0 Å². The number of hydrogen-bond acceptors (Lipinski definition) is 6. The first-order valence-electron chi connectivity index (χ1n) is 9.88. The van der Waals surface area contributed by atoms with Crippen LogP contribution in [0.5, 0.6) is 0 Å². The number of alkyl halides is 3. The Balaban J connectivity index is 1.63. The molecule has 0 bridgehead atoms. The molecule has 1 fully saturated rings. The molecule has 0 saturated carbocycles. The maximum absolute atomic E-state index is 12.8. The lowest BCUT2D eigenvalue weighted by molar-refractivity contribution is -0.138. The zero-order valence-electron chi connectivity index (χ0n) is 17.8. The number of carbonyl (C=O) groups excluding carboxylic acids is 1. The summed E-state index contributed by atoms with van der Waals surface area (Å²) in [7, 11) is 1.34. The number of hydrogen-bond donors (Lipinski definition) is 0. The molecular weight excluding hydrogens is 429 g/mol. The van der Waals surface area contributed by atoms with Crippen molar-refractivity contribution in [3.8, 4) is 0 Å². The topological polar surface area (TPSA) is 51.7 Å². The van der Waals surface area contributed by atoms with Crippen LogP contribution in [0, 0.1) is 0 Å². The van der Waals surface area contributed by atoms with Crippen LogP contribution in [0.25, 0.3) is 5.57 Å². The standard InChI is InChI=1S/C22H25F3N2O3S/c1-13(9-20(28)29-4)17-7-5-16(6-8-17)10-14(2)27-11-19(30-15(27)3)18-12-31-21(26-18)22(23,24)25/h5-9,12,14-15,19H,10-11H2,1-4H3. The van der Waals surface area contributed by atoms with Crippen LogP contribution in [0.15, 0.2) is 35.7 Å². The Morgan fingerprint density at radius 3 is 2.65 bits per heavy atom. The van der Waals surface area contributed by atoms with Crippen molar-refractivity contribution >= 4 is 22.9 Å². The number of allylic oxidation sites excluding steroid dienone is 1. The third kappa shape index (κ3) is 5.72. The number of aromatic nitrogens is 1. The largest absolute Gasteiger partial charge is 0.466 e. The molecule has 0 aliphatic carbocycles. The second-order valence-electron chi connectivity index (χ2n) is 7.60. The third-order valence-corrected chi connectivity index (χ3v) is 6.25. The summed E-state index contributed by atoms with van der Waals surface area (Å²) >= 11 is 0.597. The summed E-state index contributed by atoms with van der Waals surface area (Å²) in [6.45, 7) is 6.31. The zero-order chi connectivity index (χ0) is 22.8. The van der Waals surface area contributed by atoms with Gasteiger partial charge in [-0.15, -0.1) is 11.3 Å². The molecule has 2 aromatic rings. The number of ether oxygens (including phenoxy) is 2. The van der Waals surface area contributed by atoms with Crippen molar-refractivity contribution in [3.63, 3.8) is 0 Å². The highest BCUT2D eigenvalue weighted by atomic mass is 32.1. The lowest BCUT2D eigenvalue weighted by Gasteiger charge is -2.27. The van der Waals surface area contributed by atoms with Crippen molar-refractivity contribution in [2.24, 2.45) is 0 Å². The maximum Gasteiger partial charge on any atom is 0.443 e. The summed E-state index contributed by atoms with van der Waals surface area (Å²) in [4.78, 5) is 17.3. The molecule has 168 valence electrons. The molecule has 31 heavy (non-hydrogen) atoms. The van der Waals surface area contributed by atoms with E-state index in [1.807, 2.05) is 38.1 Å². The number of esters is 1. The van der Waals surface area contributed by atoms with Crippen LogP contribution < -0.4 is 0 Å². The first-order chi connectivity index (χ1) is 14.6. The highest BCUT2D eigenvalue weighted by Crippen LogP contribution is 2.36. The summed E-state index contributed by atoms with van der Waals surface area (Å²) in [5.41, 5.74) is 3.20. The number of carbonyl (C=O) groups is 1. The van der Waals surface area contributed by atoms with Gasteiger partial charge >= 0.3 is 12.1 Å². The first kappa shape index (κ1) is 23.4. The molecule has 0 N–H and O–H groups in total. The van der Waals surface area contributed by atoms with Gasteiger partial charge in [0, 0.05) is 24.0 Å². The minimum Gasteiger partial charge on any atom is -0.466 e. The van der Waals surface area contributed by atoms with Crippen LogP contribution in [0.3, 0.4) is 0 Å². The van der Waals surface area contributed by atoms with Crippen LogP contribution >= 0.6 is 11.3 Å². The Labute approximate surface area is 183 Å². The van der Waals surface area contributed by atoms with Crippen LogP contribution in [0.4, 0.5) is 13.2 Å². The fourth-order valence-electron chi connectivity index (χ4n) is 3.65. The second-order valence-corrected chi connectivity index (χ2v) is 8.45. The molecule has 1 aliphatic heterocycles. The van der Waals surface area contributed by atoms with Gasteiger partial charge in [0.2, 0.25) is 0 Å². The first-order valence-corrected chi connectivity index (χ1v) is 10.8. The SMILES string of the molecule is COC(=O)C=C(C)c1ccc(CC(C)N2CC(c3csc(C(F)(F)F)n3)OC2C)cc1. The molecule has 3 atom stereocenters. The van der Waals surface area contributed by atoms with Gasteiger partial charge in [0.05, 0.1) is 12.8 Å². The Bertz CT molecular complexity index is 940. The lowest BCUT2D eigenvalue weighted by Crippen LogP contribution is -2.37. The smallest absolute Gasteiger partial charge is 0.443 e. The molecule has 1 aromatic carbocycles. The summed E-state index contributed by atoms with van der Waals surface area (Å²) in [5, 5.41) is 0.582. The predicted molar refractivity (Wildman–Crippen MR) is 112 cm³/mol. The second kappa shape index (κ2) is 9.50. The van der Waals surface area contributed by atoms with Crippen LogP contribution in [0.2, 0.25) is 0 Å². The minimum absolute atomic E-state index is 0.123. The highest BCUT2D eigenvalue weighted by molar-refractivity contribution is 7.09. The monoisotopic (exact) mass is 454 g/mol.